The lowest BCUT2D eigenvalue weighted by Gasteiger charge is -2.26. The fraction of sp³-hybridized carbons (Fsp3) is 0. The molecule has 0 amide bonds. The van der Waals surface area contributed by atoms with Crippen molar-refractivity contribution in [1.29, 1.82) is 0 Å². The van der Waals surface area contributed by atoms with Crippen LogP contribution in [-0.4, -0.2) is 15.0 Å². The van der Waals surface area contributed by atoms with Crippen LogP contribution in [0.3, 0.4) is 0 Å². The number of aromatic nitrogens is 3. The van der Waals surface area contributed by atoms with E-state index < -0.39 is 0 Å². The number of hydrogen-bond donors (Lipinski definition) is 0. The van der Waals surface area contributed by atoms with Crippen LogP contribution < -0.4 is 4.90 Å². The Bertz CT molecular complexity index is 3400. The first-order valence-corrected chi connectivity index (χ1v) is 20.8. The standard InChI is InChI=1S/C57H36N4O/c1-4-15-38(16-5-1)45-23-10-12-25-48(45)56-58-55(59-57(60-56)49-26-13-11-24-46(49)39-17-6-2-7-18-39)41-29-27-37(28-30-41)42-31-32-47-50-35-43-20-14-19-40-33-34-61(44-21-8-3-9-22-44)53(52(40)43)54(50)62-51(47)36-42/h1-36H. The van der Waals surface area contributed by atoms with E-state index in [1.54, 1.807) is 0 Å². The van der Waals surface area contributed by atoms with Gasteiger partial charge in [0.05, 0.1) is 5.69 Å². The van der Waals surface area contributed by atoms with Gasteiger partial charge < -0.3 is 9.32 Å². The Kier molecular flexibility index (Phi) is 8.42. The molecule has 0 unspecified atom stereocenters. The molecule has 0 spiro atoms. The first-order valence-electron chi connectivity index (χ1n) is 20.8. The average Bonchev–Trinajstić information content (AvgIpc) is 3.72. The third-order valence-corrected chi connectivity index (χ3v) is 11.9. The van der Waals surface area contributed by atoms with Crippen molar-refractivity contribution in [3.63, 3.8) is 0 Å². The first kappa shape index (κ1) is 35.5. The summed E-state index contributed by atoms with van der Waals surface area (Å²) in [7, 11) is 0. The van der Waals surface area contributed by atoms with Crippen LogP contribution in [0.4, 0.5) is 11.4 Å². The van der Waals surface area contributed by atoms with Crippen molar-refractivity contribution in [3.05, 3.63) is 218 Å². The van der Waals surface area contributed by atoms with E-state index >= 15 is 0 Å². The predicted molar refractivity (Wildman–Crippen MR) is 255 cm³/mol. The minimum absolute atomic E-state index is 0.604. The molecule has 290 valence electrons. The summed E-state index contributed by atoms with van der Waals surface area (Å²) < 4.78 is 6.87. The smallest absolute Gasteiger partial charge is 0.164 e. The quantitative estimate of drug-likeness (QED) is 0.161. The topological polar surface area (TPSA) is 55.1 Å². The Morgan fingerprint density at radius 3 is 1.58 bits per heavy atom. The molecule has 1 aliphatic rings. The van der Waals surface area contributed by atoms with Gasteiger partial charge in [0.25, 0.3) is 0 Å². The van der Waals surface area contributed by atoms with E-state index in [-0.39, 0.29) is 0 Å². The minimum Gasteiger partial charge on any atom is -0.454 e. The number of fused-ring (bicyclic) bond motifs is 4. The van der Waals surface area contributed by atoms with Crippen LogP contribution in [0.5, 0.6) is 0 Å². The van der Waals surface area contributed by atoms with Gasteiger partial charge in [0.2, 0.25) is 0 Å². The number of anilines is 2. The van der Waals surface area contributed by atoms with Crippen LogP contribution in [0.25, 0.3) is 106 Å². The molecule has 0 aliphatic carbocycles. The van der Waals surface area contributed by atoms with Gasteiger partial charge in [0.15, 0.2) is 23.1 Å². The summed E-state index contributed by atoms with van der Waals surface area (Å²) in [6.07, 6.45) is 4.33. The number of para-hydroxylation sites is 1. The number of rotatable bonds is 7. The van der Waals surface area contributed by atoms with E-state index in [9.17, 15) is 0 Å². The van der Waals surface area contributed by atoms with Gasteiger partial charge in [-0.15, -0.1) is 0 Å². The lowest BCUT2D eigenvalue weighted by molar-refractivity contribution is 0.669. The van der Waals surface area contributed by atoms with Gasteiger partial charge in [-0.1, -0.05) is 176 Å². The Labute approximate surface area is 358 Å². The molecule has 2 aromatic heterocycles. The molecule has 0 fully saturated rings. The summed E-state index contributed by atoms with van der Waals surface area (Å²) in [4.78, 5) is 17.8. The van der Waals surface area contributed by atoms with Gasteiger partial charge in [-0.2, -0.15) is 0 Å². The van der Waals surface area contributed by atoms with E-state index in [4.69, 9.17) is 19.4 Å². The maximum Gasteiger partial charge on any atom is 0.164 e. The lowest BCUT2D eigenvalue weighted by Crippen LogP contribution is -2.12. The highest BCUT2D eigenvalue weighted by Crippen LogP contribution is 2.47. The normalized spacial score (nSPS) is 12.1. The second kappa shape index (κ2) is 14.7. The highest BCUT2D eigenvalue weighted by molar-refractivity contribution is 6.21. The Morgan fingerprint density at radius 1 is 0.387 bits per heavy atom. The van der Waals surface area contributed by atoms with E-state index in [2.05, 4.69) is 193 Å². The van der Waals surface area contributed by atoms with Crippen molar-refractivity contribution in [2.45, 2.75) is 0 Å². The van der Waals surface area contributed by atoms with E-state index in [1.165, 1.54) is 16.3 Å². The molecule has 9 aromatic carbocycles. The fourth-order valence-corrected chi connectivity index (χ4v) is 8.92. The largest absolute Gasteiger partial charge is 0.454 e. The van der Waals surface area contributed by atoms with Crippen molar-refractivity contribution < 1.29 is 4.42 Å². The summed E-state index contributed by atoms with van der Waals surface area (Å²) in [5, 5.41) is 4.57. The zero-order valence-corrected chi connectivity index (χ0v) is 33.5. The molecule has 0 atom stereocenters. The lowest BCUT2D eigenvalue weighted by atomic mass is 9.96. The average molecular weight is 793 g/mol. The fourth-order valence-electron chi connectivity index (χ4n) is 8.92. The number of furan rings is 1. The van der Waals surface area contributed by atoms with Gasteiger partial charge in [0.1, 0.15) is 5.58 Å². The van der Waals surface area contributed by atoms with Crippen LogP contribution >= 0.6 is 0 Å². The SMILES string of the molecule is C1=CN(c2ccccc2)c2c3oc4cc(-c5ccc(-c6nc(-c7ccccc7-c7ccccc7)nc(-c7ccccc7-c7ccccc7)n6)cc5)ccc4c3cc3cccc1c23. The molecule has 0 saturated carbocycles. The maximum atomic E-state index is 6.87. The number of hydrogen-bond acceptors (Lipinski definition) is 5. The van der Waals surface area contributed by atoms with Crippen molar-refractivity contribution in [3.8, 4) is 67.5 Å². The van der Waals surface area contributed by atoms with Crippen LogP contribution in [0.2, 0.25) is 0 Å². The van der Waals surface area contributed by atoms with E-state index in [0.717, 1.165) is 83.4 Å². The zero-order valence-electron chi connectivity index (χ0n) is 33.5. The third kappa shape index (κ3) is 6.06. The number of nitrogens with zero attached hydrogens (tertiary/aromatic N) is 4. The molecule has 62 heavy (non-hydrogen) atoms. The molecular formula is C57H36N4O. The Balaban J connectivity index is 0.968. The van der Waals surface area contributed by atoms with Crippen LogP contribution in [-0.2, 0) is 0 Å². The first-order chi connectivity index (χ1) is 30.7. The summed E-state index contributed by atoms with van der Waals surface area (Å²) in [5.41, 5.74) is 14.3. The highest BCUT2D eigenvalue weighted by Gasteiger charge is 2.24. The molecule has 3 heterocycles. The van der Waals surface area contributed by atoms with Crippen molar-refractivity contribution in [2.24, 2.45) is 0 Å². The summed E-state index contributed by atoms with van der Waals surface area (Å²) in [5.74, 6) is 1.84. The van der Waals surface area contributed by atoms with Crippen LogP contribution in [0.15, 0.2) is 217 Å². The second-order valence-corrected chi connectivity index (χ2v) is 15.6. The van der Waals surface area contributed by atoms with Crippen molar-refractivity contribution in [1.82, 2.24) is 15.0 Å². The van der Waals surface area contributed by atoms with Gasteiger partial charge in [-0.3, -0.25) is 0 Å². The maximum absolute atomic E-state index is 6.87. The molecule has 0 saturated heterocycles. The minimum atomic E-state index is 0.604. The summed E-state index contributed by atoms with van der Waals surface area (Å²) in [6, 6.07) is 71.8. The molecule has 5 nitrogen and oxygen atoms in total. The summed E-state index contributed by atoms with van der Waals surface area (Å²) in [6.45, 7) is 0. The Morgan fingerprint density at radius 2 is 0.935 bits per heavy atom. The zero-order chi connectivity index (χ0) is 41.0. The molecular weight excluding hydrogens is 757 g/mol. The van der Waals surface area contributed by atoms with Gasteiger partial charge in [-0.05, 0) is 80.7 Å². The van der Waals surface area contributed by atoms with E-state index in [1.807, 2.05) is 30.3 Å². The van der Waals surface area contributed by atoms with Gasteiger partial charge in [-0.25, -0.2) is 15.0 Å². The van der Waals surface area contributed by atoms with Crippen molar-refractivity contribution >= 4 is 50.2 Å². The predicted octanol–water partition coefficient (Wildman–Crippen LogP) is 15.0. The van der Waals surface area contributed by atoms with Crippen LogP contribution in [0.1, 0.15) is 5.56 Å². The highest BCUT2D eigenvalue weighted by atomic mass is 16.3. The Hall–Kier alpha value is -8.41. The molecule has 0 radical (unpaired) electrons. The monoisotopic (exact) mass is 792 g/mol. The molecule has 5 heteroatoms. The second-order valence-electron chi connectivity index (χ2n) is 15.6. The molecule has 12 rings (SSSR count). The van der Waals surface area contributed by atoms with Gasteiger partial charge in [0, 0.05) is 44.7 Å². The molecule has 11 aromatic rings. The summed E-state index contributed by atoms with van der Waals surface area (Å²) >= 11 is 0. The molecule has 0 bridgehead atoms. The van der Waals surface area contributed by atoms with Crippen molar-refractivity contribution in [2.75, 3.05) is 4.90 Å². The van der Waals surface area contributed by atoms with Gasteiger partial charge >= 0.3 is 0 Å². The third-order valence-electron chi connectivity index (χ3n) is 11.9. The molecule has 1 aliphatic heterocycles. The molecule has 0 N–H and O–H groups in total. The van der Waals surface area contributed by atoms with Crippen LogP contribution in [0, 0.1) is 0 Å². The van der Waals surface area contributed by atoms with E-state index in [0.29, 0.717) is 17.5 Å². The number of benzene rings is 9.